The molecule has 1 aromatic carbocycles. The summed E-state index contributed by atoms with van der Waals surface area (Å²) in [6.07, 6.45) is 4.37. The molecule has 3 heterocycles. The van der Waals surface area contributed by atoms with Crippen LogP contribution in [0.25, 0.3) is 11.0 Å². The van der Waals surface area contributed by atoms with Crippen molar-refractivity contribution in [2.75, 3.05) is 39.9 Å². The van der Waals surface area contributed by atoms with Gasteiger partial charge in [0.2, 0.25) is 0 Å². The van der Waals surface area contributed by atoms with Crippen molar-refractivity contribution in [2.24, 2.45) is 10.4 Å². The lowest BCUT2D eigenvalue weighted by molar-refractivity contribution is 0.156. The molecule has 6 nitrogen and oxygen atoms in total. The zero-order chi connectivity index (χ0) is 17.1. The van der Waals surface area contributed by atoms with E-state index < -0.39 is 0 Å². The zero-order valence-corrected chi connectivity index (χ0v) is 14.9. The van der Waals surface area contributed by atoms with Crippen molar-refractivity contribution in [1.82, 2.24) is 20.2 Å². The molecule has 2 saturated heterocycles. The van der Waals surface area contributed by atoms with Gasteiger partial charge in [0.25, 0.3) is 0 Å². The lowest BCUT2D eigenvalue weighted by Crippen LogP contribution is -2.41. The molecule has 1 unspecified atom stereocenters. The van der Waals surface area contributed by atoms with Crippen LogP contribution in [0.5, 0.6) is 0 Å². The van der Waals surface area contributed by atoms with Crippen molar-refractivity contribution in [3.63, 3.8) is 0 Å². The monoisotopic (exact) mass is 341 g/mol. The molecular formula is C19H27N5O. The number of aryl methyl sites for hydroxylation is 1. The third kappa shape index (κ3) is 3.49. The molecule has 2 fully saturated rings. The minimum absolute atomic E-state index is 0.367. The number of benzene rings is 1. The minimum Gasteiger partial charge on any atom is -0.381 e. The summed E-state index contributed by atoms with van der Waals surface area (Å²) in [6.45, 7) is 4.87. The highest BCUT2D eigenvalue weighted by atomic mass is 16.5. The molecule has 4 rings (SSSR count). The largest absolute Gasteiger partial charge is 0.381 e. The third-order valence-electron chi connectivity index (χ3n) is 5.45. The van der Waals surface area contributed by atoms with Crippen LogP contribution in [0.15, 0.2) is 29.3 Å². The first-order valence-corrected chi connectivity index (χ1v) is 9.25. The Bertz CT molecular complexity index is 714. The van der Waals surface area contributed by atoms with Crippen molar-refractivity contribution in [1.29, 1.82) is 0 Å². The Labute approximate surface area is 148 Å². The lowest BCUT2D eigenvalue weighted by Gasteiger charge is -2.24. The predicted octanol–water partition coefficient (Wildman–Crippen LogP) is 2.18. The van der Waals surface area contributed by atoms with Crippen molar-refractivity contribution >= 4 is 17.0 Å². The summed E-state index contributed by atoms with van der Waals surface area (Å²) in [4.78, 5) is 14.9. The van der Waals surface area contributed by atoms with E-state index in [-0.39, 0.29) is 0 Å². The molecule has 0 radical (unpaired) electrons. The van der Waals surface area contributed by atoms with Gasteiger partial charge < -0.3 is 19.9 Å². The summed E-state index contributed by atoms with van der Waals surface area (Å²) in [5, 5.41) is 3.52. The molecule has 6 heteroatoms. The number of likely N-dealkylation sites (tertiary alicyclic amines) is 1. The molecule has 134 valence electrons. The molecule has 2 aromatic rings. The van der Waals surface area contributed by atoms with E-state index in [9.17, 15) is 0 Å². The Morgan fingerprint density at radius 2 is 2.32 bits per heavy atom. The van der Waals surface area contributed by atoms with Crippen LogP contribution in [0.3, 0.4) is 0 Å². The van der Waals surface area contributed by atoms with E-state index in [1.807, 2.05) is 25.2 Å². The van der Waals surface area contributed by atoms with Gasteiger partial charge in [0.05, 0.1) is 17.6 Å². The second-order valence-electron chi connectivity index (χ2n) is 7.25. The van der Waals surface area contributed by atoms with E-state index in [4.69, 9.17) is 4.74 Å². The fourth-order valence-corrected chi connectivity index (χ4v) is 4.00. The van der Waals surface area contributed by atoms with Crippen LogP contribution in [-0.2, 0) is 11.2 Å². The SMILES string of the molecule is CN=C(NCCCc1nc2ccccc2[nH]1)N1CCC2(CCOC2)C1. The first-order valence-electron chi connectivity index (χ1n) is 9.25. The van der Waals surface area contributed by atoms with Gasteiger partial charge in [-0.2, -0.15) is 0 Å². The number of hydrogen-bond acceptors (Lipinski definition) is 3. The quantitative estimate of drug-likeness (QED) is 0.508. The number of rotatable bonds is 4. The standard InChI is InChI=1S/C19H27N5O/c1-20-18(24-11-8-19(13-24)9-12-25-14-19)21-10-4-7-17-22-15-5-2-3-6-16(15)23-17/h2-3,5-6H,4,7-14H2,1H3,(H,20,21)(H,22,23). The number of aromatic nitrogens is 2. The molecule has 1 spiro atoms. The number of nitrogens with one attached hydrogen (secondary N) is 2. The molecular weight excluding hydrogens is 314 g/mol. The highest BCUT2D eigenvalue weighted by molar-refractivity contribution is 5.80. The van der Waals surface area contributed by atoms with Crippen molar-refractivity contribution in [2.45, 2.75) is 25.7 Å². The normalized spacial score (nSPS) is 23.9. The maximum Gasteiger partial charge on any atom is 0.193 e. The molecule has 2 aliphatic rings. The van der Waals surface area contributed by atoms with E-state index in [0.717, 1.165) is 68.5 Å². The Balaban J connectivity index is 1.26. The molecule has 2 N–H and O–H groups in total. The number of nitrogens with zero attached hydrogens (tertiary/aromatic N) is 3. The number of aliphatic imine (C=N–C) groups is 1. The summed E-state index contributed by atoms with van der Waals surface area (Å²) in [5.74, 6) is 2.08. The van der Waals surface area contributed by atoms with Gasteiger partial charge in [-0.3, -0.25) is 4.99 Å². The van der Waals surface area contributed by atoms with Crippen LogP contribution in [0.4, 0.5) is 0 Å². The van der Waals surface area contributed by atoms with E-state index in [0.29, 0.717) is 5.41 Å². The number of imidazole rings is 1. The molecule has 0 bridgehead atoms. The summed E-state index contributed by atoms with van der Waals surface area (Å²) < 4.78 is 5.62. The Morgan fingerprint density at radius 3 is 3.12 bits per heavy atom. The van der Waals surface area contributed by atoms with Crippen LogP contribution in [0.2, 0.25) is 0 Å². The number of H-pyrrole nitrogens is 1. The molecule has 0 amide bonds. The molecule has 2 aliphatic heterocycles. The molecule has 0 aliphatic carbocycles. The van der Waals surface area contributed by atoms with E-state index in [1.54, 1.807) is 0 Å². The van der Waals surface area contributed by atoms with Crippen LogP contribution in [0.1, 0.15) is 25.1 Å². The van der Waals surface area contributed by atoms with Gasteiger partial charge in [-0.25, -0.2) is 4.98 Å². The fraction of sp³-hybridized carbons (Fsp3) is 0.579. The fourth-order valence-electron chi connectivity index (χ4n) is 4.00. The maximum absolute atomic E-state index is 5.62. The minimum atomic E-state index is 0.367. The number of fused-ring (bicyclic) bond motifs is 1. The van der Waals surface area contributed by atoms with E-state index in [2.05, 4.69) is 31.2 Å². The van der Waals surface area contributed by atoms with E-state index in [1.165, 1.54) is 12.8 Å². The predicted molar refractivity (Wildman–Crippen MR) is 99.8 cm³/mol. The number of aromatic amines is 1. The topological polar surface area (TPSA) is 65.5 Å². The van der Waals surface area contributed by atoms with Crippen LogP contribution in [-0.4, -0.2) is 60.7 Å². The van der Waals surface area contributed by atoms with Crippen molar-refractivity contribution in [3.8, 4) is 0 Å². The summed E-state index contributed by atoms with van der Waals surface area (Å²) in [6, 6.07) is 8.18. The molecule has 1 aromatic heterocycles. The Kier molecular flexibility index (Phi) is 4.61. The second kappa shape index (κ2) is 7.04. The molecule has 1 atom stereocenters. The maximum atomic E-state index is 5.62. The van der Waals surface area contributed by atoms with Gasteiger partial charge in [0.15, 0.2) is 5.96 Å². The zero-order valence-electron chi connectivity index (χ0n) is 14.9. The van der Waals surface area contributed by atoms with Gasteiger partial charge in [0, 0.05) is 45.1 Å². The highest BCUT2D eigenvalue weighted by Crippen LogP contribution is 2.38. The number of guanidine groups is 1. The van der Waals surface area contributed by atoms with Gasteiger partial charge in [-0.1, -0.05) is 12.1 Å². The van der Waals surface area contributed by atoms with Gasteiger partial charge in [-0.15, -0.1) is 0 Å². The average molecular weight is 341 g/mol. The Morgan fingerprint density at radius 1 is 1.40 bits per heavy atom. The molecule has 0 saturated carbocycles. The number of ether oxygens (including phenoxy) is 1. The van der Waals surface area contributed by atoms with Crippen LogP contribution in [0, 0.1) is 5.41 Å². The average Bonchev–Trinajstić information content (AvgIpc) is 3.36. The number of para-hydroxylation sites is 2. The highest BCUT2D eigenvalue weighted by Gasteiger charge is 2.42. The first kappa shape index (κ1) is 16.4. The van der Waals surface area contributed by atoms with Crippen LogP contribution < -0.4 is 5.32 Å². The first-order chi connectivity index (χ1) is 12.3. The smallest absolute Gasteiger partial charge is 0.193 e. The lowest BCUT2D eigenvalue weighted by atomic mass is 9.87. The summed E-state index contributed by atoms with van der Waals surface area (Å²) >= 11 is 0. The summed E-state index contributed by atoms with van der Waals surface area (Å²) in [7, 11) is 1.87. The van der Waals surface area contributed by atoms with Crippen molar-refractivity contribution < 1.29 is 4.74 Å². The van der Waals surface area contributed by atoms with Crippen molar-refractivity contribution in [3.05, 3.63) is 30.1 Å². The van der Waals surface area contributed by atoms with E-state index >= 15 is 0 Å². The number of hydrogen-bond donors (Lipinski definition) is 2. The third-order valence-corrected chi connectivity index (χ3v) is 5.45. The van der Waals surface area contributed by atoms with Gasteiger partial charge >= 0.3 is 0 Å². The summed E-state index contributed by atoms with van der Waals surface area (Å²) in [5.41, 5.74) is 2.52. The van der Waals surface area contributed by atoms with Gasteiger partial charge in [-0.05, 0) is 31.4 Å². The second-order valence-corrected chi connectivity index (χ2v) is 7.25. The Hall–Kier alpha value is -2.08. The van der Waals surface area contributed by atoms with Gasteiger partial charge in [0.1, 0.15) is 5.82 Å². The van der Waals surface area contributed by atoms with Crippen LogP contribution >= 0.6 is 0 Å². The molecule has 25 heavy (non-hydrogen) atoms.